The number of likely N-dealkylation sites (tertiary alicyclic amines) is 1. The molecule has 6 heteroatoms. The largest absolute Gasteiger partial charge is 0.364 e. The first-order valence-electron chi connectivity index (χ1n) is 8.74. The first kappa shape index (κ1) is 15.7. The summed E-state index contributed by atoms with van der Waals surface area (Å²) in [6.07, 6.45) is 6.33. The van der Waals surface area contributed by atoms with Gasteiger partial charge in [-0.15, -0.1) is 0 Å². The van der Waals surface area contributed by atoms with Crippen LogP contribution in [0.1, 0.15) is 35.7 Å². The highest BCUT2D eigenvalue weighted by Crippen LogP contribution is 2.30. The van der Waals surface area contributed by atoms with Crippen molar-refractivity contribution in [2.45, 2.75) is 32.2 Å². The fourth-order valence-corrected chi connectivity index (χ4v) is 3.77. The SMILES string of the molecule is Cc1cccc2[nH]cc(CCNC(=O)N3CCC[C@H]3c3ccon3)c12. The fourth-order valence-electron chi connectivity index (χ4n) is 3.77. The van der Waals surface area contributed by atoms with E-state index < -0.39 is 0 Å². The highest BCUT2D eigenvalue weighted by Gasteiger charge is 2.31. The molecule has 0 bridgehead atoms. The van der Waals surface area contributed by atoms with Gasteiger partial charge in [-0.05, 0) is 43.4 Å². The molecule has 4 rings (SSSR count). The zero-order valence-electron chi connectivity index (χ0n) is 14.3. The van der Waals surface area contributed by atoms with Gasteiger partial charge >= 0.3 is 6.03 Å². The van der Waals surface area contributed by atoms with Gasteiger partial charge < -0.3 is 19.7 Å². The lowest BCUT2D eigenvalue weighted by molar-refractivity contribution is 0.191. The summed E-state index contributed by atoms with van der Waals surface area (Å²) >= 11 is 0. The van der Waals surface area contributed by atoms with E-state index >= 15 is 0 Å². The number of carbonyl (C=O) groups excluding carboxylic acids is 1. The van der Waals surface area contributed by atoms with Crippen LogP contribution in [0.5, 0.6) is 0 Å². The second-order valence-corrected chi connectivity index (χ2v) is 6.57. The number of hydrogen-bond acceptors (Lipinski definition) is 3. The van der Waals surface area contributed by atoms with Crippen LogP contribution >= 0.6 is 0 Å². The molecule has 2 aromatic heterocycles. The van der Waals surface area contributed by atoms with E-state index in [0.717, 1.165) is 37.0 Å². The van der Waals surface area contributed by atoms with Crippen LogP contribution in [-0.2, 0) is 6.42 Å². The second-order valence-electron chi connectivity index (χ2n) is 6.57. The molecule has 3 aromatic rings. The molecule has 1 atom stereocenters. The standard InChI is InChI=1S/C19H22N4O2/c1-13-4-2-5-16-18(13)14(12-21-16)7-9-20-19(24)23-10-3-6-17(23)15-8-11-25-22-15/h2,4-5,8,11-12,17,21H,3,6-7,9-10H2,1H3,(H,20,24)/t17-/m0/s1. The number of aromatic amines is 1. The number of nitrogens with one attached hydrogen (secondary N) is 2. The van der Waals surface area contributed by atoms with Gasteiger partial charge in [0.2, 0.25) is 0 Å². The zero-order valence-corrected chi connectivity index (χ0v) is 14.3. The fraction of sp³-hybridized carbons (Fsp3) is 0.368. The van der Waals surface area contributed by atoms with Crippen molar-refractivity contribution in [3.05, 3.63) is 53.5 Å². The van der Waals surface area contributed by atoms with Crippen molar-refractivity contribution >= 4 is 16.9 Å². The van der Waals surface area contributed by atoms with Crippen molar-refractivity contribution in [1.29, 1.82) is 0 Å². The quantitative estimate of drug-likeness (QED) is 0.764. The Kier molecular flexibility index (Phi) is 4.17. The van der Waals surface area contributed by atoms with Gasteiger partial charge in [-0.1, -0.05) is 17.3 Å². The summed E-state index contributed by atoms with van der Waals surface area (Å²) in [5.41, 5.74) is 4.47. The molecule has 0 spiro atoms. The Labute approximate surface area is 146 Å². The van der Waals surface area contributed by atoms with Gasteiger partial charge in [0.25, 0.3) is 0 Å². The third-order valence-corrected chi connectivity index (χ3v) is 4.98. The average molecular weight is 338 g/mol. The summed E-state index contributed by atoms with van der Waals surface area (Å²) in [5, 5.41) is 8.31. The molecule has 1 aliphatic rings. The second kappa shape index (κ2) is 6.63. The molecule has 25 heavy (non-hydrogen) atoms. The monoisotopic (exact) mass is 338 g/mol. The summed E-state index contributed by atoms with van der Waals surface area (Å²) in [6, 6.07) is 8.08. The summed E-state index contributed by atoms with van der Waals surface area (Å²) in [7, 11) is 0. The third-order valence-electron chi connectivity index (χ3n) is 4.98. The molecule has 6 nitrogen and oxygen atoms in total. The molecule has 2 N–H and O–H groups in total. The number of aryl methyl sites for hydroxylation is 1. The maximum absolute atomic E-state index is 12.6. The van der Waals surface area contributed by atoms with Crippen molar-refractivity contribution in [3.8, 4) is 0 Å². The molecule has 1 aliphatic heterocycles. The number of rotatable bonds is 4. The van der Waals surface area contributed by atoms with Gasteiger partial charge in [-0.3, -0.25) is 0 Å². The summed E-state index contributed by atoms with van der Waals surface area (Å²) in [5.74, 6) is 0. The predicted octanol–water partition coefficient (Wildman–Crippen LogP) is 3.55. The van der Waals surface area contributed by atoms with Crippen LogP contribution in [0.2, 0.25) is 0 Å². The minimum atomic E-state index is -0.0259. The van der Waals surface area contributed by atoms with Crippen LogP contribution in [0.3, 0.4) is 0 Å². The van der Waals surface area contributed by atoms with Crippen molar-refractivity contribution in [2.24, 2.45) is 0 Å². The van der Waals surface area contributed by atoms with Crippen LogP contribution in [0.4, 0.5) is 4.79 Å². The minimum Gasteiger partial charge on any atom is -0.364 e. The molecule has 1 aromatic carbocycles. The molecule has 3 heterocycles. The van der Waals surface area contributed by atoms with Gasteiger partial charge in [0.05, 0.1) is 6.04 Å². The number of H-pyrrole nitrogens is 1. The van der Waals surface area contributed by atoms with E-state index in [1.165, 1.54) is 16.5 Å². The molecule has 0 radical (unpaired) electrons. The lowest BCUT2D eigenvalue weighted by Gasteiger charge is -2.23. The number of amides is 2. The number of benzene rings is 1. The maximum Gasteiger partial charge on any atom is 0.317 e. The number of fused-ring (bicyclic) bond motifs is 1. The van der Waals surface area contributed by atoms with E-state index in [4.69, 9.17) is 4.52 Å². The Bertz CT molecular complexity index is 869. The average Bonchev–Trinajstić information content (AvgIpc) is 3.35. The molecule has 1 fully saturated rings. The smallest absolute Gasteiger partial charge is 0.317 e. The molecule has 1 saturated heterocycles. The maximum atomic E-state index is 12.6. The van der Waals surface area contributed by atoms with Crippen LogP contribution in [0, 0.1) is 6.92 Å². The summed E-state index contributed by atoms with van der Waals surface area (Å²) in [6.45, 7) is 3.49. The van der Waals surface area contributed by atoms with Crippen LogP contribution in [0.15, 0.2) is 41.2 Å². The Balaban J connectivity index is 1.39. The Morgan fingerprint density at radius 2 is 2.36 bits per heavy atom. The molecule has 130 valence electrons. The van der Waals surface area contributed by atoms with Crippen molar-refractivity contribution in [1.82, 2.24) is 20.4 Å². The van der Waals surface area contributed by atoms with Crippen LogP contribution < -0.4 is 5.32 Å². The Hall–Kier alpha value is -2.76. The molecule has 0 aliphatic carbocycles. The van der Waals surface area contributed by atoms with Crippen molar-refractivity contribution < 1.29 is 9.32 Å². The zero-order chi connectivity index (χ0) is 17.2. The van der Waals surface area contributed by atoms with E-state index in [-0.39, 0.29) is 12.1 Å². The molecule has 0 saturated carbocycles. The van der Waals surface area contributed by atoms with E-state index in [1.807, 2.05) is 17.2 Å². The van der Waals surface area contributed by atoms with Gasteiger partial charge in [0.15, 0.2) is 0 Å². The molecule has 2 amide bonds. The van der Waals surface area contributed by atoms with E-state index in [9.17, 15) is 4.79 Å². The van der Waals surface area contributed by atoms with Crippen LogP contribution in [-0.4, -0.2) is 34.2 Å². The number of carbonyl (C=O) groups is 1. The van der Waals surface area contributed by atoms with E-state index in [1.54, 1.807) is 6.26 Å². The lowest BCUT2D eigenvalue weighted by atomic mass is 10.1. The normalized spacial score (nSPS) is 17.3. The first-order valence-corrected chi connectivity index (χ1v) is 8.74. The third kappa shape index (κ3) is 2.99. The highest BCUT2D eigenvalue weighted by atomic mass is 16.5. The molecular formula is C19H22N4O2. The molecule has 0 unspecified atom stereocenters. The number of hydrogen-bond donors (Lipinski definition) is 2. The van der Waals surface area contributed by atoms with Gasteiger partial charge in [0, 0.05) is 36.3 Å². The minimum absolute atomic E-state index is 0.0223. The van der Waals surface area contributed by atoms with Crippen molar-refractivity contribution in [3.63, 3.8) is 0 Å². The Morgan fingerprint density at radius 3 is 3.20 bits per heavy atom. The molecular weight excluding hydrogens is 316 g/mol. The summed E-state index contributed by atoms with van der Waals surface area (Å²) < 4.78 is 4.93. The van der Waals surface area contributed by atoms with Gasteiger partial charge in [-0.25, -0.2) is 4.79 Å². The lowest BCUT2D eigenvalue weighted by Crippen LogP contribution is -2.40. The summed E-state index contributed by atoms with van der Waals surface area (Å²) in [4.78, 5) is 17.7. The first-order chi connectivity index (χ1) is 12.2. The number of urea groups is 1. The van der Waals surface area contributed by atoms with Gasteiger partial charge in [0.1, 0.15) is 12.0 Å². The van der Waals surface area contributed by atoms with Gasteiger partial charge in [-0.2, -0.15) is 0 Å². The highest BCUT2D eigenvalue weighted by molar-refractivity contribution is 5.86. The van der Waals surface area contributed by atoms with E-state index in [2.05, 4.69) is 40.6 Å². The predicted molar refractivity (Wildman–Crippen MR) is 95.3 cm³/mol. The number of nitrogens with zero attached hydrogens (tertiary/aromatic N) is 2. The van der Waals surface area contributed by atoms with Crippen LogP contribution in [0.25, 0.3) is 10.9 Å². The Morgan fingerprint density at radius 1 is 1.44 bits per heavy atom. The van der Waals surface area contributed by atoms with E-state index in [0.29, 0.717) is 6.54 Å². The number of aromatic nitrogens is 2. The van der Waals surface area contributed by atoms with Crippen molar-refractivity contribution in [2.75, 3.05) is 13.1 Å². The topological polar surface area (TPSA) is 74.2 Å².